The Hall–Kier alpha value is -2.24. The molecule has 0 radical (unpaired) electrons. The van der Waals surface area contributed by atoms with E-state index in [1.807, 2.05) is 32.0 Å². The second kappa shape index (κ2) is 7.15. The summed E-state index contributed by atoms with van der Waals surface area (Å²) < 4.78 is 4.70. The fourth-order valence-corrected chi connectivity index (χ4v) is 2.68. The number of piperidine rings is 1. The first-order valence-electron chi connectivity index (χ1n) is 7.48. The standard InChI is InChI=1S/C16H23N3O3/c1-11-5-4-6-12(2)14(11)18-15(20)17-13-7-9-19(10-8-13)16(21)22-3/h4-6,13H,7-10H2,1-3H3,(H2,17,18,20). The summed E-state index contributed by atoms with van der Waals surface area (Å²) in [4.78, 5) is 25.2. The lowest BCUT2D eigenvalue weighted by molar-refractivity contribution is 0.110. The van der Waals surface area contributed by atoms with Gasteiger partial charge in [0, 0.05) is 24.8 Å². The number of hydrogen-bond donors (Lipinski definition) is 2. The van der Waals surface area contributed by atoms with Crippen molar-refractivity contribution in [1.82, 2.24) is 10.2 Å². The molecule has 22 heavy (non-hydrogen) atoms. The lowest BCUT2D eigenvalue weighted by atomic mass is 10.1. The SMILES string of the molecule is COC(=O)N1CCC(NC(=O)Nc2c(C)cccc2C)CC1. The summed E-state index contributed by atoms with van der Waals surface area (Å²) in [7, 11) is 1.38. The minimum absolute atomic E-state index is 0.0743. The van der Waals surface area contributed by atoms with Crippen molar-refractivity contribution < 1.29 is 14.3 Å². The maximum absolute atomic E-state index is 12.1. The summed E-state index contributed by atoms with van der Waals surface area (Å²) >= 11 is 0. The average molecular weight is 305 g/mol. The molecule has 0 atom stereocenters. The third-order valence-electron chi connectivity index (χ3n) is 3.98. The smallest absolute Gasteiger partial charge is 0.409 e. The number of benzene rings is 1. The molecule has 1 aromatic rings. The summed E-state index contributed by atoms with van der Waals surface area (Å²) in [6.07, 6.45) is 1.16. The molecule has 0 aromatic heterocycles. The zero-order chi connectivity index (χ0) is 16.1. The molecule has 0 saturated carbocycles. The molecule has 6 nitrogen and oxygen atoms in total. The van der Waals surface area contributed by atoms with Crippen molar-refractivity contribution in [1.29, 1.82) is 0 Å². The molecular weight excluding hydrogens is 282 g/mol. The maximum Gasteiger partial charge on any atom is 0.409 e. The van der Waals surface area contributed by atoms with Crippen LogP contribution in [0.2, 0.25) is 0 Å². The van der Waals surface area contributed by atoms with Crippen molar-refractivity contribution in [2.24, 2.45) is 0 Å². The molecule has 1 heterocycles. The number of aryl methyl sites for hydroxylation is 2. The Labute approximate surface area is 130 Å². The molecule has 1 aliphatic rings. The molecule has 1 aliphatic heterocycles. The van der Waals surface area contributed by atoms with Crippen molar-refractivity contribution in [2.75, 3.05) is 25.5 Å². The summed E-state index contributed by atoms with van der Waals surface area (Å²) in [5.74, 6) is 0. The highest BCUT2D eigenvalue weighted by atomic mass is 16.5. The zero-order valence-corrected chi connectivity index (χ0v) is 13.3. The van der Waals surface area contributed by atoms with Crippen LogP contribution in [-0.2, 0) is 4.74 Å². The van der Waals surface area contributed by atoms with Gasteiger partial charge in [0.2, 0.25) is 0 Å². The Kier molecular flexibility index (Phi) is 5.25. The molecule has 6 heteroatoms. The van der Waals surface area contributed by atoms with Crippen LogP contribution in [0.4, 0.5) is 15.3 Å². The Morgan fingerprint density at radius 1 is 1.18 bits per heavy atom. The predicted molar refractivity (Wildman–Crippen MR) is 85.1 cm³/mol. The number of carbonyl (C=O) groups is 2. The van der Waals surface area contributed by atoms with Crippen molar-refractivity contribution in [3.8, 4) is 0 Å². The van der Waals surface area contributed by atoms with Crippen LogP contribution in [0.1, 0.15) is 24.0 Å². The highest BCUT2D eigenvalue weighted by Crippen LogP contribution is 2.19. The number of nitrogens with one attached hydrogen (secondary N) is 2. The molecule has 2 N–H and O–H groups in total. The van der Waals surface area contributed by atoms with Gasteiger partial charge in [-0.2, -0.15) is 0 Å². The first kappa shape index (κ1) is 16.1. The zero-order valence-electron chi connectivity index (χ0n) is 13.3. The first-order valence-corrected chi connectivity index (χ1v) is 7.48. The van der Waals surface area contributed by atoms with Gasteiger partial charge in [-0.3, -0.25) is 0 Å². The van der Waals surface area contributed by atoms with E-state index in [9.17, 15) is 9.59 Å². The van der Waals surface area contributed by atoms with Crippen LogP contribution in [-0.4, -0.2) is 43.3 Å². The van der Waals surface area contributed by atoms with Gasteiger partial charge in [-0.1, -0.05) is 18.2 Å². The van der Waals surface area contributed by atoms with Gasteiger partial charge in [0.05, 0.1) is 7.11 Å². The lowest BCUT2D eigenvalue weighted by Gasteiger charge is -2.31. The predicted octanol–water partition coefficient (Wildman–Crippen LogP) is 2.66. The van der Waals surface area contributed by atoms with E-state index in [-0.39, 0.29) is 18.2 Å². The lowest BCUT2D eigenvalue weighted by Crippen LogP contribution is -2.47. The van der Waals surface area contributed by atoms with Crippen LogP contribution in [0.15, 0.2) is 18.2 Å². The fraction of sp³-hybridized carbons (Fsp3) is 0.500. The van der Waals surface area contributed by atoms with Crippen molar-refractivity contribution in [3.05, 3.63) is 29.3 Å². The molecule has 0 unspecified atom stereocenters. The number of methoxy groups -OCH3 is 1. The number of urea groups is 1. The van der Waals surface area contributed by atoms with Gasteiger partial charge in [-0.25, -0.2) is 9.59 Å². The van der Waals surface area contributed by atoms with Crippen LogP contribution in [0.5, 0.6) is 0 Å². The summed E-state index contributed by atoms with van der Waals surface area (Å²) in [5.41, 5.74) is 2.93. The Bertz CT molecular complexity index is 531. The summed E-state index contributed by atoms with van der Waals surface area (Å²) in [5, 5.41) is 5.89. The van der Waals surface area contributed by atoms with Crippen LogP contribution in [0, 0.1) is 13.8 Å². The molecule has 1 saturated heterocycles. The highest BCUT2D eigenvalue weighted by molar-refractivity contribution is 5.91. The van der Waals surface area contributed by atoms with Crippen molar-refractivity contribution in [2.45, 2.75) is 32.7 Å². The molecule has 0 aliphatic carbocycles. The topological polar surface area (TPSA) is 70.7 Å². The fourth-order valence-electron chi connectivity index (χ4n) is 2.68. The van der Waals surface area contributed by atoms with E-state index in [4.69, 9.17) is 4.74 Å². The molecule has 0 spiro atoms. The van der Waals surface area contributed by atoms with Crippen molar-refractivity contribution >= 4 is 17.8 Å². The molecule has 1 fully saturated rings. The number of amides is 3. The monoisotopic (exact) mass is 305 g/mol. The number of anilines is 1. The van der Waals surface area contributed by atoms with Gasteiger partial charge < -0.3 is 20.3 Å². The second-order valence-corrected chi connectivity index (χ2v) is 5.60. The van der Waals surface area contributed by atoms with Crippen LogP contribution >= 0.6 is 0 Å². The van der Waals surface area contributed by atoms with Gasteiger partial charge in [-0.05, 0) is 37.8 Å². The average Bonchev–Trinajstić information content (AvgIpc) is 2.51. The third kappa shape index (κ3) is 3.90. The maximum atomic E-state index is 12.1. The van der Waals surface area contributed by atoms with E-state index < -0.39 is 0 Å². The van der Waals surface area contributed by atoms with E-state index in [1.165, 1.54) is 7.11 Å². The molecule has 3 amide bonds. The molecule has 0 bridgehead atoms. The van der Waals surface area contributed by atoms with Crippen LogP contribution < -0.4 is 10.6 Å². The summed E-state index contributed by atoms with van der Waals surface area (Å²) in [6.45, 7) is 5.14. The van der Waals surface area contributed by atoms with Crippen molar-refractivity contribution in [3.63, 3.8) is 0 Å². The Balaban J connectivity index is 1.85. The second-order valence-electron chi connectivity index (χ2n) is 5.60. The number of ether oxygens (including phenoxy) is 1. The van der Waals surface area contributed by atoms with Gasteiger partial charge in [0.15, 0.2) is 0 Å². The quantitative estimate of drug-likeness (QED) is 0.882. The van der Waals surface area contributed by atoms with Gasteiger partial charge >= 0.3 is 12.1 Å². The number of hydrogen-bond acceptors (Lipinski definition) is 3. The molecular formula is C16H23N3O3. The normalized spacial score (nSPS) is 15.3. The Morgan fingerprint density at radius 3 is 2.32 bits per heavy atom. The molecule has 120 valence electrons. The largest absolute Gasteiger partial charge is 0.453 e. The first-order chi connectivity index (χ1) is 10.5. The van der Waals surface area contributed by atoms with E-state index in [1.54, 1.807) is 4.90 Å². The number of likely N-dealkylation sites (tertiary alicyclic amines) is 1. The van der Waals surface area contributed by atoms with Crippen LogP contribution in [0.3, 0.4) is 0 Å². The van der Waals surface area contributed by atoms with E-state index >= 15 is 0 Å². The number of carbonyl (C=O) groups excluding carboxylic acids is 2. The highest BCUT2D eigenvalue weighted by Gasteiger charge is 2.24. The number of rotatable bonds is 2. The third-order valence-corrected chi connectivity index (χ3v) is 3.98. The van der Waals surface area contributed by atoms with Crippen LogP contribution in [0.25, 0.3) is 0 Å². The van der Waals surface area contributed by atoms with E-state index in [2.05, 4.69) is 10.6 Å². The van der Waals surface area contributed by atoms with Gasteiger partial charge in [-0.15, -0.1) is 0 Å². The van der Waals surface area contributed by atoms with Gasteiger partial charge in [0.1, 0.15) is 0 Å². The minimum Gasteiger partial charge on any atom is -0.453 e. The number of nitrogens with zero attached hydrogens (tertiary/aromatic N) is 1. The molecule has 1 aromatic carbocycles. The Morgan fingerprint density at radius 2 is 1.77 bits per heavy atom. The summed E-state index contributed by atoms with van der Waals surface area (Å²) in [6, 6.07) is 5.78. The van der Waals surface area contributed by atoms with E-state index in [0.29, 0.717) is 13.1 Å². The number of para-hydroxylation sites is 1. The van der Waals surface area contributed by atoms with E-state index in [0.717, 1.165) is 29.7 Å². The minimum atomic E-state index is -0.307. The van der Waals surface area contributed by atoms with Gasteiger partial charge in [0.25, 0.3) is 0 Å². The molecule has 2 rings (SSSR count).